The van der Waals surface area contributed by atoms with E-state index in [-0.39, 0.29) is 18.5 Å². The molecule has 2 aromatic carbocycles. The lowest BCUT2D eigenvalue weighted by Gasteiger charge is -2.35. The minimum absolute atomic E-state index is 0.257. The first-order valence-electron chi connectivity index (χ1n) is 10.6. The lowest BCUT2D eigenvalue weighted by Crippen LogP contribution is -2.49. The van der Waals surface area contributed by atoms with Crippen molar-refractivity contribution in [2.75, 3.05) is 26.2 Å². The summed E-state index contributed by atoms with van der Waals surface area (Å²) >= 11 is 7.11. The maximum Gasteiger partial charge on any atom is 0.410 e. The van der Waals surface area contributed by atoms with Gasteiger partial charge in [-0.3, -0.25) is 0 Å². The Kier molecular flexibility index (Phi) is 7.90. The van der Waals surface area contributed by atoms with Gasteiger partial charge in [0.1, 0.15) is 16.7 Å². The summed E-state index contributed by atoms with van der Waals surface area (Å²) in [4.78, 5) is 16.1. The number of thioether (sulfide) groups is 1. The topological polar surface area (TPSA) is 63.5 Å². The molecule has 1 amide bonds. The molecule has 1 fully saturated rings. The molecule has 0 saturated carbocycles. The summed E-state index contributed by atoms with van der Waals surface area (Å²) < 4.78 is 21.0. The summed E-state index contributed by atoms with van der Waals surface area (Å²) in [6.45, 7) is 3.29. The zero-order chi connectivity index (χ0) is 23.0. The zero-order valence-electron chi connectivity index (χ0n) is 18.0. The number of benzene rings is 2. The predicted octanol–water partition coefficient (Wildman–Crippen LogP) is 3.94. The van der Waals surface area contributed by atoms with Gasteiger partial charge in [-0.25, -0.2) is 13.9 Å². The van der Waals surface area contributed by atoms with E-state index < -0.39 is 0 Å². The largest absolute Gasteiger partial charge is 0.445 e. The molecular weight excluding hydrogens is 461 g/mol. The fourth-order valence-electron chi connectivity index (χ4n) is 3.37. The summed E-state index contributed by atoms with van der Waals surface area (Å²) in [6.07, 6.45) is 1.58. The lowest BCUT2D eigenvalue weighted by molar-refractivity contribution is 0.0832. The van der Waals surface area contributed by atoms with Gasteiger partial charge in [0.25, 0.3) is 0 Å². The molecule has 1 aliphatic rings. The number of halogens is 1. The highest BCUT2D eigenvalue weighted by atomic mass is 32.2. The third-order valence-electron chi connectivity index (χ3n) is 5.19. The maximum atomic E-state index is 13.0. The van der Waals surface area contributed by atoms with Crippen molar-refractivity contribution in [3.8, 4) is 0 Å². The number of aromatic nitrogens is 3. The lowest BCUT2D eigenvalue weighted by atomic mass is 10.2. The number of piperazine rings is 1. The van der Waals surface area contributed by atoms with Crippen LogP contribution in [-0.2, 0) is 23.6 Å². The predicted molar refractivity (Wildman–Crippen MR) is 129 cm³/mol. The minimum Gasteiger partial charge on any atom is -0.445 e. The molecule has 0 radical (unpaired) electrons. The molecular formula is C23H24FN5O2S2. The summed E-state index contributed by atoms with van der Waals surface area (Å²) in [5.74, 6) is 0.356. The van der Waals surface area contributed by atoms with E-state index in [1.54, 1.807) is 21.7 Å². The van der Waals surface area contributed by atoms with E-state index in [0.717, 1.165) is 21.1 Å². The van der Waals surface area contributed by atoms with Crippen LogP contribution in [0, 0.1) is 5.82 Å². The van der Waals surface area contributed by atoms with Crippen LogP contribution in [0.3, 0.4) is 0 Å². The first-order chi connectivity index (χ1) is 16.1. The molecule has 7 nitrogen and oxygen atoms in total. The molecule has 172 valence electrons. The van der Waals surface area contributed by atoms with Crippen LogP contribution in [0.4, 0.5) is 9.18 Å². The number of hydrogen-bond acceptors (Lipinski definition) is 6. The van der Waals surface area contributed by atoms with Gasteiger partial charge in [0, 0.05) is 38.1 Å². The average molecular weight is 486 g/mol. The van der Waals surface area contributed by atoms with Crippen molar-refractivity contribution < 1.29 is 13.9 Å². The normalized spacial score (nSPS) is 13.7. The van der Waals surface area contributed by atoms with Crippen molar-refractivity contribution in [2.45, 2.75) is 18.9 Å². The van der Waals surface area contributed by atoms with Gasteiger partial charge >= 0.3 is 6.09 Å². The molecule has 33 heavy (non-hydrogen) atoms. The minimum atomic E-state index is -0.296. The Morgan fingerprint density at radius 3 is 2.42 bits per heavy atom. The van der Waals surface area contributed by atoms with Gasteiger partial charge in [0.15, 0.2) is 0 Å². The third-order valence-corrected chi connectivity index (χ3v) is 6.75. The molecule has 0 spiro atoms. The average Bonchev–Trinajstić information content (AvgIpc) is 3.30. The van der Waals surface area contributed by atoms with Crippen molar-refractivity contribution >= 4 is 34.4 Å². The summed E-state index contributed by atoms with van der Waals surface area (Å²) in [5, 5.41) is 8.34. The smallest absolute Gasteiger partial charge is 0.410 e. The summed E-state index contributed by atoms with van der Waals surface area (Å²) in [7, 11) is 0. The Balaban J connectivity index is 1.18. The Hall–Kier alpha value is -2.98. The Morgan fingerprint density at radius 1 is 1.00 bits per heavy atom. The molecule has 3 aromatic rings. The van der Waals surface area contributed by atoms with Crippen LogP contribution in [0.25, 0.3) is 0 Å². The van der Waals surface area contributed by atoms with Crippen LogP contribution >= 0.6 is 24.0 Å². The number of rotatable bonds is 6. The first-order valence-corrected chi connectivity index (χ1v) is 12.0. The second-order valence-electron chi connectivity index (χ2n) is 7.60. The first kappa shape index (κ1) is 23.2. The highest BCUT2D eigenvalue weighted by molar-refractivity contribution is 8.22. The van der Waals surface area contributed by atoms with Crippen LogP contribution in [0.2, 0.25) is 0 Å². The second kappa shape index (κ2) is 11.2. The van der Waals surface area contributed by atoms with Crippen LogP contribution < -0.4 is 0 Å². The SMILES string of the molecule is O=C(OCc1ccccc1)N1CCN(C(=S)SCc2cn(Cc3ccc(F)cc3)nn2)CC1. The highest BCUT2D eigenvalue weighted by Gasteiger charge is 2.23. The van der Waals surface area contributed by atoms with E-state index in [1.165, 1.54) is 23.9 Å². The van der Waals surface area contributed by atoms with Gasteiger partial charge in [-0.1, -0.05) is 71.7 Å². The monoisotopic (exact) mass is 485 g/mol. The van der Waals surface area contributed by atoms with E-state index in [2.05, 4.69) is 15.2 Å². The van der Waals surface area contributed by atoms with Gasteiger partial charge in [0.05, 0.1) is 12.2 Å². The zero-order valence-corrected chi connectivity index (χ0v) is 19.6. The van der Waals surface area contributed by atoms with E-state index in [9.17, 15) is 9.18 Å². The second-order valence-corrected chi connectivity index (χ2v) is 9.21. The molecule has 0 unspecified atom stereocenters. The van der Waals surface area contributed by atoms with Crippen molar-refractivity contribution in [2.24, 2.45) is 0 Å². The number of thiocarbonyl (C=S) groups is 1. The van der Waals surface area contributed by atoms with Gasteiger partial charge in [-0.05, 0) is 23.3 Å². The molecule has 0 atom stereocenters. The fourth-order valence-corrected chi connectivity index (χ4v) is 4.50. The standard InChI is InChI=1S/C23H24FN5O2S2/c24-20-8-6-18(7-9-20)14-29-15-21(25-26-29)17-33-23(32)28-12-10-27(11-13-28)22(30)31-16-19-4-2-1-3-5-19/h1-9,15H,10-14,16-17H2. The molecule has 4 rings (SSSR count). The molecule has 1 saturated heterocycles. The molecule has 2 heterocycles. The number of hydrogen-bond donors (Lipinski definition) is 0. The molecule has 0 bridgehead atoms. The van der Waals surface area contributed by atoms with E-state index in [4.69, 9.17) is 17.0 Å². The number of nitrogens with zero attached hydrogens (tertiary/aromatic N) is 5. The van der Waals surface area contributed by atoms with Gasteiger partial charge < -0.3 is 14.5 Å². The van der Waals surface area contributed by atoms with Crippen LogP contribution in [0.1, 0.15) is 16.8 Å². The highest BCUT2D eigenvalue weighted by Crippen LogP contribution is 2.17. The van der Waals surface area contributed by atoms with Gasteiger partial charge in [0.2, 0.25) is 0 Å². The Morgan fingerprint density at radius 2 is 1.70 bits per heavy atom. The number of carbonyl (C=O) groups is 1. The molecule has 0 aliphatic carbocycles. The van der Waals surface area contributed by atoms with E-state index in [0.29, 0.717) is 38.5 Å². The maximum absolute atomic E-state index is 13.0. The van der Waals surface area contributed by atoms with Crippen molar-refractivity contribution in [1.82, 2.24) is 24.8 Å². The number of carbonyl (C=O) groups excluding carboxylic acids is 1. The molecule has 10 heteroatoms. The van der Waals surface area contributed by atoms with Crippen LogP contribution in [0.5, 0.6) is 0 Å². The van der Waals surface area contributed by atoms with Crippen molar-refractivity contribution in [3.05, 3.63) is 83.4 Å². The quantitative estimate of drug-likeness (QED) is 0.490. The van der Waals surface area contributed by atoms with Crippen molar-refractivity contribution in [1.29, 1.82) is 0 Å². The van der Waals surface area contributed by atoms with E-state index in [1.807, 2.05) is 36.5 Å². The van der Waals surface area contributed by atoms with Crippen LogP contribution in [0.15, 0.2) is 60.8 Å². The third kappa shape index (κ3) is 6.75. The van der Waals surface area contributed by atoms with Gasteiger partial charge in [-0.2, -0.15) is 0 Å². The molecule has 1 aromatic heterocycles. The number of amides is 1. The summed E-state index contributed by atoms with van der Waals surface area (Å²) in [5.41, 5.74) is 2.75. The molecule has 0 N–H and O–H groups in total. The summed E-state index contributed by atoms with van der Waals surface area (Å²) in [6, 6.07) is 16.0. The Bertz CT molecular complexity index is 1070. The van der Waals surface area contributed by atoms with Crippen molar-refractivity contribution in [3.63, 3.8) is 0 Å². The number of ether oxygens (including phenoxy) is 1. The molecule has 1 aliphatic heterocycles. The van der Waals surface area contributed by atoms with Crippen LogP contribution in [-0.4, -0.2) is 61.4 Å². The van der Waals surface area contributed by atoms with E-state index >= 15 is 0 Å². The van der Waals surface area contributed by atoms with Gasteiger partial charge in [-0.15, -0.1) is 5.10 Å². The Labute approximate surface area is 201 Å². The fraction of sp³-hybridized carbons (Fsp3) is 0.304.